The second kappa shape index (κ2) is 15.4. The summed E-state index contributed by atoms with van der Waals surface area (Å²) in [4.78, 5) is 3.04. The van der Waals surface area contributed by atoms with E-state index in [-0.39, 0.29) is 0 Å². The minimum atomic E-state index is 0.329. The monoisotopic (exact) mass is 305 g/mol. The Hall–Kier alpha value is -2.00. The number of H-pyrrole nitrogens is 1. The molecule has 0 amide bonds. The molecular weight excluding hydrogens is 274 g/mol. The molecule has 0 aliphatic rings. The number of aliphatic hydroxyl groups is 1. The number of aromatic hydroxyl groups is 1. The summed E-state index contributed by atoms with van der Waals surface area (Å²) in [6.45, 7) is 12.0. The Balaban J connectivity index is 0. The molecule has 0 fully saturated rings. The van der Waals surface area contributed by atoms with Crippen molar-refractivity contribution in [2.75, 3.05) is 7.11 Å². The molecule has 0 spiro atoms. The Morgan fingerprint density at radius 2 is 1.50 bits per heavy atom. The zero-order chi connectivity index (χ0) is 17.4. The molecule has 0 aliphatic heterocycles. The number of unbranched alkanes of at least 4 members (excludes halogenated alkanes) is 1. The van der Waals surface area contributed by atoms with E-state index >= 15 is 0 Å². The molecule has 0 radical (unpaired) electrons. The number of aryl methyl sites for hydroxylation is 2. The summed E-state index contributed by atoms with van der Waals surface area (Å²) < 4.78 is 0. The SMILES string of the molecule is C=Cc1[nH]ccc1C.CCCC.CO.Cc1ccc(O)cc1. The number of aromatic amines is 1. The van der Waals surface area contributed by atoms with Crippen LogP contribution in [0.2, 0.25) is 0 Å². The van der Waals surface area contributed by atoms with Crippen molar-refractivity contribution < 1.29 is 10.2 Å². The number of hydrogen-bond acceptors (Lipinski definition) is 2. The molecule has 2 aromatic rings. The molecule has 3 nitrogen and oxygen atoms in total. The second-order valence-electron chi connectivity index (χ2n) is 4.61. The van der Waals surface area contributed by atoms with Gasteiger partial charge in [-0.3, -0.25) is 0 Å². The third-order valence-corrected chi connectivity index (χ3v) is 2.74. The van der Waals surface area contributed by atoms with Gasteiger partial charge in [0.25, 0.3) is 0 Å². The summed E-state index contributed by atoms with van der Waals surface area (Å²) in [5, 5.41) is 15.8. The number of phenolic OH excluding ortho intramolecular Hbond substituents is 1. The number of aromatic nitrogens is 1. The molecule has 0 bridgehead atoms. The molecule has 124 valence electrons. The minimum absolute atomic E-state index is 0.329. The zero-order valence-corrected chi connectivity index (χ0v) is 14.6. The van der Waals surface area contributed by atoms with Gasteiger partial charge in [-0.2, -0.15) is 0 Å². The van der Waals surface area contributed by atoms with Gasteiger partial charge in [0.15, 0.2) is 0 Å². The second-order valence-corrected chi connectivity index (χ2v) is 4.61. The lowest BCUT2D eigenvalue weighted by molar-refractivity contribution is 0.399. The van der Waals surface area contributed by atoms with Gasteiger partial charge in [-0.15, -0.1) is 0 Å². The van der Waals surface area contributed by atoms with E-state index in [0.29, 0.717) is 5.75 Å². The first-order chi connectivity index (χ1) is 10.5. The Morgan fingerprint density at radius 3 is 1.73 bits per heavy atom. The normalized spacial score (nSPS) is 8.27. The van der Waals surface area contributed by atoms with Crippen LogP contribution in [0, 0.1) is 13.8 Å². The summed E-state index contributed by atoms with van der Waals surface area (Å²) in [5.74, 6) is 0.329. The Kier molecular flexibility index (Phi) is 15.6. The molecular formula is C19H31NO2. The lowest BCUT2D eigenvalue weighted by atomic mass is 10.2. The predicted molar refractivity (Wildman–Crippen MR) is 97.2 cm³/mol. The van der Waals surface area contributed by atoms with E-state index in [1.807, 2.05) is 44.3 Å². The van der Waals surface area contributed by atoms with Crippen molar-refractivity contribution in [3.05, 3.63) is 59.9 Å². The molecule has 0 aliphatic carbocycles. The molecule has 3 heteroatoms. The Labute approximate surface area is 135 Å². The van der Waals surface area contributed by atoms with Gasteiger partial charge < -0.3 is 15.2 Å². The summed E-state index contributed by atoms with van der Waals surface area (Å²) in [6.07, 6.45) is 6.36. The topological polar surface area (TPSA) is 56.2 Å². The van der Waals surface area contributed by atoms with Crippen molar-refractivity contribution in [2.24, 2.45) is 0 Å². The molecule has 0 saturated carbocycles. The average molecular weight is 305 g/mol. The number of nitrogens with one attached hydrogen (secondary N) is 1. The summed E-state index contributed by atoms with van der Waals surface area (Å²) in [5.41, 5.74) is 3.54. The van der Waals surface area contributed by atoms with E-state index < -0.39 is 0 Å². The van der Waals surface area contributed by atoms with Gasteiger partial charge in [0, 0.05) is 19.0 Å². The molecule has 1 aromatic carbocycles. The quantitative estimate of drug-likeness (QED) is 0.724. The van der Waals surface area contributed by atoms with E-state index in [4.69, 9.17) is 10.2 Å². The molecule has 1 aromatic heterocycles. The summed E-state index contributed by atoms with van der Waals surface area (Å²) in [7, 11) is 1.00. The van der Waals surface area contributed by atoms with Crippen LogP contribution in [-0.4, -0.2) is 22.3 Å². The van der Waals surface area contributed by atoms with Crippen molar-refractivity contribution in [2.45, 2.75) is 40.5 Å². The molecule has 0 atom stereocenters. The highest BCUT2D eigenvalue weighted by atomic mass is 16.3. The van der Waals surface area contributed by atoms with Crippen molar-refractivity contribution in [3.63, 3.8) is 0 Å². The zero-order valence-electron chi connectivity index (χ0n) is 14.6. The van der Waals surface area contributed by atoms with Crippen LogP contribution in [0.4, 0.5) is 0 Å². The molecule has 0 unspecified atom stereocenters. The van der Waals surface area contributed by atoms with Crippen LogP contribution >= 0.6 is 0 Å². The highest BCUT2D eigenvalue weighted by Crippen LogP contribution is 2.07. The van der Waals surface area contributed by atoms with Crippen LogP contribution in [-0.2, 0) is 0 Å². The highest BCUT2D eigenvalue weighted by molar-refractivity contribution is 5.46. The molecule has 1 heterocycles. The maximum absolute atomic E-state index is 8.76. The van der Waals surface area contributed by atoms with Crippen LogP contribution in [0.15, 0.2) is 43.1 Å². The number of hydrogen-bond donors (Lipinski definition) is 3. The Bertz CT molecular complexity index is 449. The van der Waals surface area contributed by atoms with E-state index in [2.05, 4.69) is 25.4 Å². The number of rotatable bonds is 2. The lowest BCUT2D eigenvalue weighted by Gasteiger charge is -1.89. The van der Waals surface area contributed by atoms with Crippen molar-refractivity contribution in [1.82, 2.24) is 4.98 Å². The smallest absolute Gasteiger partial charge is 0.115 e. The van der Waals surface area contributed by atoms with Gasteiger partial charge in [-0.05, 0) is 43.7 Å². The van der Waals surface area contributed by atoms with Gasteiger partial charge in [0.1, 0.15) is 5.75 Å². The van der Waals surface area contributed by atoms with E-state index in [0.717, 1.165) is 12.8 Å². The summed E-state index contributed by atoms with van der Waals surface area (Å²) >= 11 is 0. The third-order valence-electron chi connectivity index (χ3n) is 2.74. The van der Waals surface area contributed by atoms with E-state index in [1.54, 1.807) is 12.1 Å². The highest BCUT2D eigenvalue weighted by Gasteiger charge is 1.88. The van der Waals surface area contributed by atoms with Crippen LogP contribution in [0.5, 0.6) is 5.75 Å². The fraction of sp³-hybridized carbons (Fsp3) is 0.368. The van der Waals surface area contributed by atoms with Gasteiger partial charge in [-0.25, -0.2) is 0 Å². The van der Waals surface area contributed by atoms with Crippen molar-refractivity contribution in [3.8, 4) is 5.75 Å². The number of benzene rings is 1. The lowest BCUT2D eigenvalue weighted by Crippen LogP contribution is -1.70. The fourth-order valence-electron chi connectivity index (χ4n) is 1.22. The number of aliphatic hydroxyl groups excluding tert-OH is 1. The fourth-order valence-corrected chi connectivity index (χ4v) is 1.22. The molecule has 0 saturated heterocycles. The van der Waals surface area contributed by atoms with Crippen molar-refractivity contribution in [1.29, 1.82) is 0 Å². The average Bonchev–Trinajstić information content (AvgIpc) is 2.98. The van der Waals surface area contributed by atoms with Crippen LogP contribution in [0.1, 0.15) is 43.5 Å². The van der Waals surface area contributed by atoms with Gasteiger partial charge in [-0.1, -0.05) is 51.0 Å². The predicted octanol–water partition coefficient (Wildman–Crippen LogP) is 5.08. The molecule has 22 heavy (non-hydrogen) atoms. The van der Waals surface area contributed by atoms with Crippen LogP contribution in [0.3, 0.4) is 0 Å². The van der Waals surface area contributed by atoms with Crippen LogP contribution < -0.4 is 0 Å². The third kappa shape index (κ3) is 11.8. The molecule has 3 N–H and O–H groups in total. The van der Waals surface area contributed by atoms with Gasteiger partial charge >= 0.3 is 0 Å². The van der Waals surface area contributed by atoms with Gasteiger partial charge in [0.05, 0.1) is 0 Å². The minimum Gasteiger partial charge on any atom is -0.508 e. The van der Waals surface area contributed by atoms with Crippen molar-refractivity contribution >= 4 is 6.08 Å². The molecule has 2 rings (SSSR count). The standard InChI is InChI=1S/C7H9N.C7H8O.C4H10.CH4O/c1-3-7-6(2)4-5-8-7;1-6-2-4-7(8)5-3-6;1-3-4-2;1-2/h3-5,8H,1H2,2H3;2-5,8H,1H3;3-4H2,1-2H3;2H,1H3. The maximum atomic E-state index is 8.76. The maximum Gasteiger partial charge on any atom is 0.115 e. The first-order valence-electron chi connectivity index (χ1n) is 7.51. The largest absolute Gasteiger partial charge is 0.508 e. The Morgan fingerprint density at radius 1 is 1.00 bits per heavy atom. The number of phenols is 1. The van der Waals surface area contributed by atoms with Gasteiger partial charge in [0.2, 0.25) is 0 Å². The van der Waals surface area contributed by atoms with Crippen LogP contribution in [0.25, 0.3) is 6.08 Å². The summed E-state index contributed by atoms with van der Waals surface area (Å²) in [6, 6.07) is 9.12. The van der Waals surface area contributed by atoms with E-state index in [1.165, 1.54) is 24.0 Å². The first-order valence-corrected chi connectivity index (χ1v) is 7.51. The van der Waals surface area contributed by atoms with E-state index in [9.17, 15) is 0 Å². The first kappa shape index (κ1) is 22.3.